The second-order valence-electron chi connectivity index (χ2n) is 5.35. The van der Waals surface area contributed by atoms with E-state index in [-0.39, 0.29) is 6.10 Å². The molecule has 1 aromatic rings. The summed E-state index contributed by atoms with van der Waals surface area (Å²) >= 11 is 0. The summed E-state index contributed by atoms with van der Waals surface area (Å²) in [7, 11) is 0. The average molecular weight is 232 g/mol. The fourth-order valence-electron chi connectivity index (χ4n) is 2.89. The largest absolute Gasteiger partial charge is 0.388 e. The molecule has 1 aliphatic rings. The van der Waals surface area contributed by atoms with Crippen LogP contribution in [-0.2, 0) is 6.42 Å². The highest BCUT2D eigenvalue weighted by molar-refractivity contribution is 5.25. The molecule has 1 heteroatoms. The summed E-state index contributed by atoms with van der Waals surface area (Å²) in [6.45, 7) is 2.16. The Morgan fingerprint density at radius 1 is 1.24 bits per heavy atom. The summed E-state index contributed by atoms with van der Waals surface area (Å²) in [5, 5.41) is 10.3. The van der Waals surface area contributed by atoms with E-state index in [0.717, 1.165) is 24.3 Å². The predicted molar refractivity (Wildman–Crippen MR) is 72.0 cm³/mol. The molecule has 1 aromatic carbocycles. The Kier molecular flexibility index (Phi) is 4.61. The molecule has 0 radical (unpaired) electrons. The highest BCUT2D eigenvalue weighted by Gasteiger charge is 2.18. The molecule has 0 amide bonds. The Morgan fingerprint density at radius 2 is 2.00 bits per heavy atom. The molecule has 1 aliphatic carbocycles. The lowest BCUT2D eigenvalue weighted by atomic mass is 9.84. The minimum Gasteiger partial charge on any atom is -0.388 e. The van der Waals surface area contributed by atoms with Crippen LogP contribution >= 0.6 is 0 Å². The van der Waals surface area contributed by atoms with Gasteiger partial charge in [0.05, 0.1) is 6.10 Å². The molecule has 1 N–H and O–H groups in total. The van der Waals surface area contributed by atoms with Gasteiger partial charge in [0.1, 0.15) is 0 Å². The van der Waals surface area contributed by atoms with Crippen molar-refractivity contribution in [2.24, 2.45) is 5.92 Å². The molecule has 0 spiro atoms. The Balaban J connectivity index is 1.95. The van der Waals surface area contributed by atoms with Gasteiger partial charge in [0.2, 0.25) is 0 Å². The number of benzene rings is 1. The summed E-state index contributed by atoms with van der Waals surface area (Å²) < 4.78 is 0. The smallest absolute Gasteiger partial charge is 0.0792 e. The van der Waals surface area contributed by atoms with Crippen LogP contribution in [0.25, 0.3) is 0 Å². The highest BCUT2D eigenvalue weighted by atomic mass is 16.3. The molecule has 1 unspecified atom stereocenters. The summed E-state index contributed by atoms with van der Waals surface area (Å²) in [5.74, 6) is 0.740. The molecular weight excluding hydrogens is 208 g/mol. The van der Waals surface area contributed by atoms with Crippen molar-refractivity contribution in [1.29, 1.82) is 0 Å². The lowest BCUT2D eigenvalue weighted by Gasteiger charge is -2.24. The van der Waals surface area contributed by atoms with E-state index in [9.17, 15) is 5.11 Å². The van der Waals surface area contributed by atoms with Gasteiger partial charge in [0.25, 0.3) is 0 Å². The molecule has 0 heterocycles. The lowest BCUT2D eigenvalue weighted by Crippen LogP contribution is -2.11. The highest BCUT2D eigenvalue weighted by Crippen LogP contribution is 2.31. The molecule has 2 rings (SSSR count). The average Bonchev–Trinajstić information content (AvgIpc) is 2.40. The number of hydrogen-bond donors (Lipinski definition) is 1. The van der Waals surface area contributed by atoms with Crippen LogP contribution in [0, 0.1) is 5.92 Å². The van der Waals surface area contributed by atoms with Crippen LogP contribution in [0.4, 0.5) is 0 Å². The Morgan fingerprint density at radius 3 is 2.71 bits per heavy atom. The van der Waals surface area contributed by atoms with Crippen LogP contribution in [0.15, 0.2) is 24.3 Å². The van der Waals surface area contributed by atoms with E-state index in [2.05, 4.69) is 31.2 Å². The maximum atomic E-state index is 10.3. The van der Waals surface area contributed by atoms with Gasteiger partial charge in [-0.05, 0) is 29.9 Å². The van der Waals surface area contributed by atoms with Crippen molar-refractivity contribution in [1.82, 2.24) is 0 Å². The van der Waals surface area contributed by atoms with Gasteiger partial charge in [0.15, 0.2) is 0 Å². The van der Waals surface area contributed by atoms with Crippen molar-refractivity contribution in [3.8, 4) is 0 Å². The van der Waals surface area contributed by atoms with E-state index in [4.69, 9.17) is 0 Å². The molecule has 0 aliphatic heterocycles. The number of hydrogen-bond acceptors (Lipinski definition) is 1. The Bertz CT molecular complexity index is 339. The maximum absolute atomic E-state index is 10.3. The summed E-state index contributed by atoms with van der Waals surface area (Å²) in [5.41, 5.74) is 2.43. The summed E-state index contributed by atoms with van der Waals surface area (Å²) in [6, 6.07) is 8.43. The van der Waals surface area contributed by atoms with E-state index in [1.165, 1.54) is 37.7 Å². The van der Waals surface area contributed by atoms with Gasteiger partial charge >= 0.3 is 0 Å². The zero-order valence-electron chi connectivity index (χ0n) is 10.9. The zero-order valence-corrected chi connectivity index (χ0v) is 10.9. The minimum absolute atomic E-state index is 0.260. The number of aryl methyl sites for hydroxylation is 1. The van der Waals surface area contributed by atoms with E-state index >= 15 is 0 Å². The Labute approximate surface area is 105 Å². The molecule has 1 fully saturated rings. The van der Waals surface area contributed by atoms with Gasteiger partial charge in [-0.3, -0.25) is 0 Å². The van der Waals surface area contributed by atoms with E-state index in [1.807, 2.05) is 0 Å². The maximum Gasteiger partial charge on any atom is 0.0792 e. The molecule has 0 aromatic heterocycles. The molecule has 1 atom stereocenters. The third-order valence-electron chi connectivity index (χ3n) is 4.03. The first-order valence-corrected chi connectivity index (χ1v) is 7.06. The third-order valence-corrected chi connectivity index (χ3v) is 4.03. The lowest BCUT2D eigenvalue weighted by molar-refractivity contribution is 0.131. The van der Waals surface area contributed by atoms with Gasteiger partial charge in [0, 0.05) is 0 Å². The van der Waals surface area contributed by atoms with Crippen LogP contribution in [0.2, 0.25) is 0 Å². The zero-order chi connectivity index (χ0) is 12.1. The molecule has 17 heavy (non-hydrogen) atoms. The predicted octanol–water partition coefficient (Wildman–Crippen LogP) is 4.25. The van der Waals surface area contributed by atoms with Crippen molar-refractivity contribution in [3.63, 3.8) is 0 Å². The standard InChI is InChI=1S/C16H24O/c1-2-13-9-6-10-15(11-13)16(17)12-14-7-4-3-5-8-14/h6,9-11,14,16-17H,2-5,7-8,12H2,1H3. The van der Waals surface area contributed by atoms with Crippen LogP contribution in [0.1, 0.15) is 62.7 Å². The third kappa shape index (κ3) is 3.57. The van der Waals surface area contributed by atoms with E-state index in [1.54, 1.807) is 0 Å². The van der Waals surface area contributed by atoms with Crippen molar-refractivity contribution in [2.75, 3.05) is 0 Å². The molecular formula is C16H24O. The van der Waals surface area contributed by atoms with Crippen LogP contribution < -0.4 is 0 Å². The molecule has 0 saturated heterocycles. The minimum atomic E-state index is -0.260. The first-order valence-electron chi connectivity index (χ1n) is 7.06. The topological polar surface area (TPSA) is 20.2 Å². The quantitative estimate of drug-likeness (QED) is 0.822. The SMILES string of the molecule is CCc1cccc(C(O)CC2CCCCC2)c1. The number of aliphatic hydroxyl groups excluding tert-OH is 1. The van der Waals surface area contributed by atoms with Crippen molar-refractivity contribution >= 4 is 0 Å². The second kappa shape index (κ2) is 6.20. The molecule has 1 saturated carbocycles. The number of rotatable bonds is 4. The first-order chi connectivity index (χ1) is 8.29. The summed E-state index contributed by atoms with van der Waals surface area (Å²) in [4.78, 5) is 0. The Hall–Kier alpha value is -0.820. The normalized spacial score (nSPS) is 19.2. The van der Waals surface area contributed by atoms with Crippen molar-refractivity contribution < 1.29 is 5.11 Å². The van der Waals surface area contributed by atoms with Crippen LogP contribution in [0.3, 0.4) is 0 Å². The molecule has 0 bridgehead atoms. The van der Waals surface area contributed by atoms with Gasteiger partial charge in [-0.1, -0.05) is 63.3 Å². The van der Waals surface area contributed by atoms with Gasteiger partial charge in [-0.2, -0.15) is 0 Å². The number of aliphatic hydroxyl groups is 1. The van der Waals surface area contributed by atoms with Gasteiger partial charge in [-0.15, -0.1) is 0 Å². The van der Waals surface area contributed by atoms with Gasteiger partial charge in [-0.25, -0.2) is 0 Å². The van der Waals surface area contributed by atoms with E-state index < -0.39 is 0 Å². The second-order valence-corrected chi connectivity index (χ2v) is 5.35. The van der Waals surface area contributed by atoms with Crippen molar-refractivity contribution in [2.45, 2.75) is 58.0 Å². The van der Waals surface area contributed by atoms with E-state index in [0.29, 0.717) is 0 Å². The summed E-state index contributed by atoms with van der Waals surface area (Å²) in [6.07, 6.45) is 8.45. The first kappa shape index (κ1) is 12.6. The monoisotopic (exact) mass is 232 g/mol. The molecule has 94 valence electrons. The molecule has 1 nitrogen and oxygen atoms in total. The van der Waals surface area contributed by atoms with Crippen molar-refractivity contribution in [3.05, 3.63) is 35.4 Å². The van der Waals surface area contributed by atoms with Crippen LogP contribution in [0.5, 0.6) is 0 Å². The van der Waals surface area contributed by atoms with Gasteiger partial charge < -0.3 is 5.11 Å². The fraction of sp³-hybridized carbons (Fsp3) is 0.625. The van der Waals surface area contributed by atoms with Crippen LogP contribution in [-0.4, -0.2) is 5.11 Å². The fourth-order valence-corrected chi connectivity index (χ4v) is 2.89.